The highest BCUT2D eigenvalue weighted by Crippen LogP contribution is 2.39. The summed E-state index contributed by atoms with van der Waals surface area (Å²) in [4.78, 5) is 35.8. The molecule has 0 bridgehead atoms. The number of aromatic nitrogens is 2. The Morgan fingerprint density at radius 1 is 1.06 bits per heavy atom. The van der Waals surface area contributed by atoms with Gasteiger partial charge in [-0.1, -0.05) is 12.1 Å². The number of aliphatic hydroxyl groups excluding tert-OH is 1. The Hall–Kier alpha value is -4.00. The van der Waals surface area contributed by atoms with Gasteiger partial charge in [0.15, 0.2) is 0 Å². The van der Waals surface area contributed by atoms with E-state index in [-0.39, 0.29) is 17.9 Å². The van der Waals surface area contributed by atoms with Gasteiger partial charge < -0.3 is 14.7 Å². The lowest BCUT2D eigenvalue weighted by Gasteiger charge is -2.24. The largest absolute Gasteiger partial charge is 0.507 e. The molecule has 31 heavy (non-hydrogen) atoms. The molecule has 1 N–H and O–H groups in total. The Balaban J connectivity index is 1.80. The predicted octanol–water partition coefficient (Wildman–Crippen LogP) is 3.50. The highest BCUT2D eigenvalue weighted by Gasteiger charge is 2.46. The molecule has 1 saturated heterocycles. The van der Waals surface area contributed by atoms with Crippen LogP contribution in [0.2, 0.25) is 0 Å². The van der Waals surface area contributed by atoms with Gasteiger partial charge in [-0.15, -0.1) is 0 Å². The van der Waals surface area contributed by atoms with Crippen LogP contribution >= 0.6 is 0 Å². The van der Waals surface area contributed by atoms with E-state index in [1.807, 2.05) is 13.0 Å². The predicted molar refractivity (Wildman–Crippen MR) is 114 cm³/mol. The Morgan fingerprint density at radius 3 is 2.52 bits per heavy atom. The van der Waals surface area contributed by atoms with E-state index in [1.165, 1.54) is 4.90 Å². The zero-order valence-electron chi connectivity index (χ0n) is 16.9. The first-order chi connectivity index (χ1) is 15.1. The van der Waals surface area contributed by atoms with Gasteiger partial charge in [0.2, 0.25) is 0 Å². The van der Waals surface area contributed by atoms with E-state index in [1.54, 1.807) is 67.1 Å². The van der Waals surface area contributed by atoms with Crippen LogP contribution in [0.4, 0.5) is 0 Å². The van der Waals surface area contributed by atoms with Crippen molar-refractivity contribution < 1.29 is 19.4 Å². The van der Waals surface area contributed by atoms with Gasteiger partial charge >= 0.3 is 0 Å². The van der Waals surface area contributed by atoms with E-state index in [4.69, 9.17) is 4.74 Å². The molecule has 1 aliphatic rings. The highest BCUT2D eigenvalue weighted by atomic mass is 16.5. The van der Waals surface area contributed by atoms with Gasteiger partial charge in [0, 0.05) is 30.7 Å². The van der Waals surface area contributed by atoms with Gasteiger partial charge in [0.05, 0.1) is 17.9 Å². The molecule has 1 aliphatic heterocycles. The number of pyridine rings is 2. The van der Waals surface area contributed by atoms with Crippen molar-refractivity contribution in [2.45, 2.75) is 19.5 Å². The van der Waals surface area contributed by atoms with E-state index < -0.39 is 17.7 Å². The monoisotopic (exact) mass is 415 g/mol. The molecule has 1 fully saturated rings. The Kier molecular flexibility index (Phi) is 5.75. The number of amides is 1. The quantitative estimate of drug-likeness (QED) is 0.376. The molecule has 1 amide bonds. The van der Waals surface area contributed by atoms with Gasteiger partial charge in [-0.05, 0) is 55.0 Å². The van der Waals surface area contributed by atoms with Crippen LogP contribution in [0.1, 0.15) is 29.8 Å². The minimum atomic E-state index is -0.812. The summed E-state index contributed by atoms with van der Waals surface area (Å²) in [6.45, 7) is 2.56. The number of rotatable bonds is 6. The third kappa shape index (κ3) is 4.02. The van der Waals surface area contributed by atoms with Crippen molar-refractivity contribution in [3.05, 3.63) is 95.6 Å². The fourth-order valence-electron chi connectivity index (χ4n) is 3.61. The Labute approximate surface area is 179 Å². The van der Waals surface area contributed by atoms with Gasteiger partial charge in [0.25, 0.3) is 11.7 Å². The van der Waals surface area contributed by atoms with Crippen LogP contribution in [0, 0.1) is 0 Å². The fourth-order valence-corrected chi connectivity index (χ4v) is 3.61. The maximum absolute atomic E-state index is 13.0. The molecule has 156 valence electrons. The lowest BCUT2D eigenvalue weighted by molar-refractivity contribution is -0.140. The molecule has 1 aromatic carbocycles. The van der Waals surface area contributed by atoms with Crippen molar-refractivity contribution in [1.29, 1.82) is 0 Å². The summed E-state index contributed by atoms with van der Waals surface area (Å²) in [5, 5.41) is 11.0. The van der Waals surface area contributed by atoms with Crippen molar-refractivity contribution in [2.75, 3.05) is 6.61 Å². The number of carbonyl (C=O) groups is 2. The fraction of sp³-hybridized carbons (Fsp3) is 0.167. The average Bonchev–Trinajstić information content (AvgIpc) is 3.05. The molecular weight excluding hydrogens is 394 g/mol. The number of hydrogen-bond donors (Lipinski definition) is 1. The van der Waals surface area contributed by atoms with E-state index in [9.17, 15) is 14.7 Å². The summed E-state index contributed by atoms with van der Waals surface area (Å²) in [6, 6.07) is 14.8. The first-order valence-corrected chi connectivity index (χ1v) is 9.91. The second-order valence-corrected chi connectivity index (χ2v) is 7.00. The molecule has 0 aliphatic carbocycles. The first kappa shape index (κ1) is 20.3. The molecule has 3 heterocycles. The third-order valence-electron chi connectivity index (χ3n) is 5.02. The molecule has 1 atom stereocenters. The molecule has 7 heteroatoms. The zero-order chi connectivity index (χ0) is 21.8. The number of aliphatic hydroxyl groups is 1. The number of hydrogen-bond acceptors (Lipinski definition) is 6. The van der Waals surface area contributed by atoms with Gasteiger partial charge in [-0.25, -0.2) is 0 Å². The van der Waals surface area contributed by atoms with Crippen molar-refractivity contribution in [1.82, 2.24) is 14.9 Å². The van der Waals surface area contributed by atoms with Crippen molar-refractivity contribution in [2.24, 2.45) is 0 Å². The number of carbonyl (C=O) groups excluding carboxylic acids is 2. The zero-order valence-corrected chi connectivity index (χ0v) is 16.9. The molecule has 2 aromatic heterocycles. The van der Waals surface area contributed by atoms with Crippen LogP contribution in [0.3, 0.4) is 0 Å². The molecule has 0 saturated carbocycles. The summed E-state index contributed by atoms with van der Waals surface area (Å²) >= 11 is 0. The summed E-state index contributed by atoms with van der Waals surface area (Å²) in [5.74, 6) is -1.03. The van der Waals surface area contributed by atoms with Crippen LogP contribution in [0.5, 0.6) is 5.75 Å². The minimum absolute atomic E-state index is 0.0109. The molecule has 3 aromatic rings. The summed E-state index contributed by atoms with van der Waals surface area (Å²) in [6.07, 6.45) is 4.87. The molecule has 7 nitrogen and oxygen atoms in total. The van der Waals surface area contributed by atoms with Crippen molar-refractivity contribution in [3.8, 4) is 5.75 Å². The number of ether oxygens (including phenoxy) is 1. The lowest BCUT2D eigenvalue weighted by atomic mass is 9.98. The number of ketones is 1. The standard InChI is InChI=1S/C24H21N3O4/c1-2-31-18-10-8-17(9-11-18)22(28)20-21(19-7-3-4-13-26-19)27(24(30)23(20)29)15-16-6-5-12-25-14-16/h3-14,21,28H,2,15H2,1H3/b22-20-. The topological polar surface area (TPSA) is 92.6 Å². The normalized spacial score (nSPS) is 17.7. The van der Waals surface area contributed by atoms with Crippen molar-refractivity contribution in [3.63, 3.8) is 0 Å². The smallest absolute Gasteiger partial charge is 0.296 e. The van der Waals surface area contributed by atoms with E-state index in [0.29, 0.717) is 23.6 Å². The Bertz CT molecular complexity index is 1110. The molecule has 0 spiro atoms. The lowest BCUT2D eigenvalue weighted by Crippen LogP contribution is -2.29. The van der Waals surface area contributed by atoms with Crippen molar-refractivity contribution >= 4 is 17.4 Å². The Morgan fingerprint density at radius 2 is 1.87 bits per heavy atom. The second kappa shape index (κ2) is 8.79. The maximum Gasteiger partial charge on any atom is 0.296 e. The van der Waals surface area contributed by atoms with Crippen LogP contribution < -0.4 is 4.74 Å². The number of nitrogens with zero attached hydrogens (tertiary/aromatic N) is 3. The van der Waals surface area contributed by atoms with Crippen LogP contribution in [-0.2, 0) is 16.1 Å². The second-order valence-electron chi connectivity index (χ2n) is 7.00. The molecule has 4 rings (SSSR count). The summed E-state index contributed by atoms with van der Waals surface area (Å²) in [7, 11) is 0. The van der Waals surface area contributed by atoms with E-state index >= 15 is 0 Å². The summed E-state index contributed by atoms with van der Waals surface area (Å²) < 4.78 is 5.44. The summed E-state index contributed by atoms with van der Waals surface area (Å²) in [5.41, 5.74) is 1.70. The van der Waals surface area contributed by atoms with Crippen LogP contribution in [0.25, 0.3) is 5.76 Å². The van der Waals surface area contributed by atoms with Gasteiger partial charge in [-0.3, -0.25) is 19.6 Å². The maximum atomic E-state index is 13.0. The molecule has 0 radical (unpaired) electrons. The number of benzene rings is 1. The average molecular weight is 415 g/mol. The SMILES string of the molecule is CCOc1ccc(/C(O)=C2/C(=O)C(=O)N(Cc3cccnc3)C2c2ccccn2)cc1. The molecular formula is C24H21N3O4. The van der Waals surface area contributed by atoms with Gasteiger partial charge in [0.1, 0.15) is 17.6 Å². The van der Waals surface area contributed by atoms with Crippen LogP contribution in [-0.4, -0.2) is 38.3 Å². The van der Waals surface area contributed by atoms with E-state index in [2.05, 4.69) is 9.97 Å². The van der Waals surface area contributed by atoms with Crippen LogP contribution in [0.15, 0.2) is 78.8 Å². The number of likely N-dealkylation sites (tertiary alicyclic amines) is 1. The number of Topliss-reactive ketones (excluding diaryl/α,β-unsaturated/α-hetero) is 1. The van der Waals surface area contributed by atoms with Gasteiger partial charge in [-0.2, -0.15) is 0 Å². The minimum Gasteiger partial charge on any atom is -0.507 e. The molecule has 1 unspecified atom stereocenters. The highest BCUT2D eigenvalue weighted by molar-refractivity contribution is 6.46. The van der Waals surface area contributed by atoms with E-state index in [0.717, 1.165) is 5.56 Å². The third-order valence-corrected chi connectivity index (χ3v) is 5.02. The first-order valence-electron chi connectivity index (χ1n) is 9.91.